The van der Waals surface area contributed by atoms with Crippen LogP contribution >= 0.6 is 0 Å². The highest BCUT2D eigenvalue weighted by molar-refractivity contribution is 7.79. The van der Waals surface area contributed by atoms with Crippen LogP contribution in [0.4, 0.5) is 11.4 Å². The first kappa shape index (κ1) is 20.9. The zero-order valence-corrected chi connectivity index (χ0v) is 12.6. The van der Waals surface area contributed by atoms with E-state index in [9.17, 15) is 0 Å². The van der Waals surface area contributed by atoms with Crippen LogP contribution in [0.1, 0.15) is 13.8 Å². The zero-order valence-electron chi connectivity index (χ0n) is 11.8. The van der Waals surface area contributed by atoms with E-state index in [1.807, 2.05) is 45.2 Å². The summed E-state index contributed by atoms with van der Waals surface area (Å²) in [4.78, 5) is 0. The van der Waals surface area contributed by atoms with Crippen molar-refractivity contribution in [3.63, 3.8) is 0 Å². The minimum atomic E-state index is -4.67. The van der Waals surface area contributed by atoms with Crippen molar-refractivity contribution in [1.82, 2.24) is 5.06 Å². The van der Waals surface area contributed by atoms with Gasteiger partial charge in [0.15, 0.2) is 0 Å². The molecule has 0 aliphatic heterocycles. The number of nitrogens with two attached hydrogens (primary N) is 1. The first-order valence-corrected chi connectivity index (χ1v) is 7.20. The van der Waals surface area contributed by atoms with Gasteiger partial charge in [-0.15, -0.1) is 0 Å². The summed E-state index contributed by atoms with van der Waals surface area (Å²) in [5, 5.41) is 12.7. The van der Waals surface area contributed by atoms with Crippen molar-refractivity contribution >= 4 is 21.8 Å². The maximum atomic E-state index is 8.74. The van der Waals surface area contributed by atoms with Gasteiger partial charge in [-0.3, -0.25) is 9.11 Å². The molecule has 8 nitrogen and oxygen atoms in total. The van der Waals surface area contributed by atoms with Crippen molar-refractivity contribution in [3.8, 4) is 0 Å². The number of hydroxylamine groups is 2. The third kappa shape index (κ3) is 19.0. The number of hydrogen-bond donors (Lipinski definition) is 5. The summed E-state index contributed by atoms with van der Waals surface area (Å²) in [6.07, 6.45) is 0. The van der Waals surface area contributed by atoms with Gasteiger partial charge in [0.1, 0.15) is 0 Å². The van der Waals surface area contributed by atoms with Gasteiger partial charge in [-0.1, -0.05) is 13.8 Å². The lowest BCUT2D eigenvalue weighted by molar-refractivity contribution is -0.0813. The largest absolute Gasteiger partial charge is 0.399 e. The van der Waals surface area contributed by atoms with Gasteiger partial charge in [0.05, 0.1) is 0 Å². The highest BCUT2D eigenvalue weighted by atomic mass is 32.3. The highest BCUT2D eigenvalue weighted by Gasteiger charge is 1.85. The smallest absolute Gasteiger partial charge is 0.394 e. The summed E-state index contributed by atoms with van der Waals surface area (Å²) < 4.78 is 31.6. The normalized spacial score (nSPS) is 9.95. The lowest BCUT2D eigenvalue weighted by atomic mass is 10.3. The molecule has 0 aromatic heterocycles. The number of benzene rings is 1. The maximum Gasteiger partial charge on any atom is 0.394 e. The minimum Gasteiger partial charge on any atom is -0.399 e. The molecule has 0 spiro atoms. The molecule has 6 N–H and O–H groups in total. The lowest BCUT2D eigenvalue weighted by Crippen LogP contribution is -2.16. The SMILES string of the molecule is CCN(O)CC.CNc1ccc(N)cc1.O=S(=O)(O)O. The Morgan fingerprint density at radius 1 is 1.15 bits per heavy atom. The van der Waals surface area contributed by atoms with Crippen molar-refractivity contribution in [2.24, 2.45) is 0 Å². The van der Waals surface area contributed by atoms with Gasteiger partial charge in [-0.2, -0.15) is 13.5 Å². The van der Waals surface area contributed by atoms with Gasteiger partial charge in [0.2, 0.25) is 0 Å². The van der Waals surface area contributed by atoms with Crippen molar-refractivity contribution in [2.75, 3.05) is 31.2 Å². The van der Waals surface area contributed by atoms with E-state index in [1.165, 1.54) is 5.06 Å². The predicted octanol–water partition coefficient (Wildman–Crippen LogP) is 1.38. The molecule has 0 unspecified atom stereocenters. The molecule has 0 radical (unpaired) electrons. The molecule has 1 aromatic rings. The van der Waals surface area contributed by atoms with Crippen LogP contribution in [0, 0.1) is 0 Å². The molecular formula is C11H23N3O5S. The van der Waals surface area contributed by atoms with E-state index in [0.29, 0.717) is 0 Å². The van der Waals surface area contributed by atoms with Gasteiger partial charge in [-0.25, -0.2) is 0 Å². The molecule has 1 rings (SSSR count). The molecule has 0 aliphatic rings. The Morgan fingerprint density at radius 2 is 1.50 bits per heavy atom. The monoisotopic (exact) mass is 309 g/mol. The van der Waals surface area contributed by atoms with E-state index in [4.69, 9.17) is 28.5 Å². The number of anilines is 2. The van der Waals surface area contributed by atoms with E-state index >= 15 is 0 Å². The van der Waals surface area contributed by atoms with Crippen LogP contribution in [-0.4, -0.2) is 47.9 Å². The molecule has 0 aliphatic carbocycles. The second-order valence-electron chi connectivity index (χ2n) is 3.46. The molecule has 1 aromatic carbocycles. The number of rotatable bonds is 3. The third-order valence-corrected chi connectivity index (χ3v) is 1.93. The van der Waals surface area contributed by atoms with Gasteiger partial charge in [0.25, 0.3) is 0 Å². The van der Waals surface area contributed by atoms with Crippen molar-refractivity contribution in [2.45, 2.75) is 13.8 Å². The highest BCUT2D eigenvalue weighted by Crippen LogP contribution is 2.08. The van der Waals surface area contributed by atoms with E-state index < -0.39 is 10.4 Å². The summed E-state index contributed by atoms with van der Waals surface area (Å²) in [7, 11) is -2.79. The summed E-state index contributed by atoms with van der Waals surface area (Å²) in [6.45, 7) is 5.25. The van der Waals surface area contributed by atoms with Gasteiger partial charge in [-0.05, 0) is 24.3 Å². The Bertz CT molecular complexity index is 424. The van der Waals surface area contributed by atoms with Crippen LogP contribution in [0.5, 0.6) is 0 Å². The molecule has 20 heavy (non-hydrogen) atoms. The molecular weight excluding hydrogens is 286 g/mol. The number of nitrogens with zero attached hydrogens (tertiary/aromatic N) is 1. The predicted molar refractivity (Wildman–Crippen MR) is 79.3 cm³/mol. The van der Waals surface area contributed by atoms with E-state index in [1.54, 1.807) is 0 Å². The van der Waals surface area contributed by atoms with E-state index in [2.05, 4.69) is 5.32 Å². The van der Waals surface area contributed by atoms with Crippen LogP contribution in [0.25, 0.3) is 0 Å². The van der Waals surface area contributed by atoms with Crippen molar-refractivity contribution in [3.05, 3.63) is 24.3 Å². The van der Waals surface area contributed by atoms with Gasteiger partial charge in [0, 0.05) is 31.5 Å². The molecule has 0 atom stereocenters. The topological polar surface area (TPSA) is 136 Å². The standard InChI is InChI=1S/C7H10N2.C4H11NO.H2O4S/c1-9-7-4-2-6(8)3-5-7;1-3-5(6)4-2;1-5(2,3)4/h2-5,9H,8H2,1H3;6H,3-4H2,1-2H3;(H2,1,2,3,4). The third-order valence-electron chi connectivity index (χ3n) is 1.93. The van der Waals surface area contributed by atoms with Crippen LogP contribution in [-0.2, 0) is 10.4 Å². The summed E-state index contributed by atoms with van der Waals surface area (Å²) in [5.41, 5.74) is 7.34. The van der Waals surface area contributed by atoms with Crippen LogP contribution in [0.2, 0.25) is 0 Å². The Hall–Kier alpha value is -1.39. The average molecular weight is 309 g/mol. The maximum absolute atomic E-state index is 8.74. The summed E-state index contributed by atoms with van der Waals surface area (Å²) in [6, 6.07) is 7.61. The van der Waals surface area contributed by atoms with Gasteiger partial charge < -0.3 is 16.3 Å². The fourth-order valence-electron chi connectivity index (χ4n) is 0.873. The second-order valence-corrected chi connectivity index (χ2v) is 4.35. The fourth-order valence-corrected chi connectivity index (χ4v) is 0.873. The Balaban J connectivity index is 0. The van der Waals surface area contributed by atoms with Crippen LogP contribution in [0.3, 0.4) is 0 Å². The summed E-state index contributed by atoms with van der Waals surface area (Å²) in [5.74, 6) is 0. The number of nitrogens with one attached hydrogen (secondary N) is 1. The molecule has 0 heterocycles. The lowest BCUT2D eigenvalue weighted by Gasteiger charge is -2.05. The van der Waals surface area contributed by atoms with Crippen LogP contribution in [0.15, 0.2) is 24.3 Å². The Morgan fingerprint density at radius 3 is 1.70 bits per heavy atom. The number of hydrogen-bond acceptors (Lipinski definition) is 6. The quantitative estimate of drug-likeness (QED) is 0.321. The first-order valence-electron chi connectivity index (χ1n) is 5.81. The van der Waals surface area contributed by atoms with Gasteiger partial charge >= 0.3 is 10.4 Å². The van der Waals surface area contributed by atoms with Crippen molar-refractivity contribution < 1.29 is 22.7 Å². The molecule has 0 saturated heterocycles. The Kier molecular flexibility index (Phi) is 12.0. The molecule has 0 saturated carbocycles. The van der Waals surface area contributed by atoms with Crippen molar-refractivity contribution in [1.29, 1.82) is 0 Å². The molecule has 0 amide bonds. The molecule has 118 valence electrons. The van der Waals surface area contributed by atoms with Crippen LogP contribution < -0.4 is 11.1 Å². The second kappa shape index (κ2) is 11.4. The first-order chi connectivity index (χ1) is 9.13. The zero-order chi connectivity index (χ0) is 16.2. The molecule has 0 bridgehead atoms. The average Bonchev–Trinajstić information content (AvgIpc) is 2.37. The number of nitrogen functional groups attached to an aromatic ring is 1. The molecule has 0 fully saturated rings. The molecule has 9 heteroatoms. The van der Waals surface area contributed by atoms with E-state index in [0.717, 1.165) is 24.5 Å². The van der Waals surface area contributed by atoms with E-state index in [-0.39, 0.29) is 0 Å². The Labute approximate surface area is 119 Å². The summed E-state index contributed by atoms with van der Waals surface area (Å²) >= 11 is 0. The fraction of sp³-hybridized carbons (Fsp3) is 0.455. The minimum absolute atomic E-state index is 0.719.